The van der Waals surface area contributed by atoms with Gasteiger partial charge >= 0.3 is 5.97 Å². The Morgan fingerprint density at radius 1 is 1.16 bits per heavy atom. The zero-order valence-corrected chi connectivity index (χ0v) is 17.8. The predicted octanol–water partition coefficient (Wildman–Crippen LogP) is 2.15. The number of nitro groups is 1. The van der Waals surface area contributed by atoms with E-state index in [1.165, 1.54) is 48.5 Å². The first kappa shape index (κ1) is 22.4. The quantitative estimate of drug-likeness (QED) is 0.228. The summed E-state index contributed by atoms with van der Waals surface area (Å²) in [6, 6.07) is 11.4. The van der Waals surface area contributed by atoms with Crippen LogP contribution in [0.3, 0.4) is 0 Å². The maximum absolute atomic E-state index is 11.8. The molecular weight excluding hydrogens is 446 g/mol. The van der Waals surface area contributed by atoms with Crippen molar-refractivity contribution in [2.24, 2.45) is 5.14 Å². The molecule has 3 rings (SSSR count). The molecule has 162 valence electrons. The lowest BCUT2D eigenvalue weighted by Crippen LogP contribution is -2.12. The molecule has 0 amide bonds. The standard InChI is InChI=1S/C18H17N5O6S2/c1-2-29-16(24)11-30-18-21-20-17(12-3-5-14(6-4-12)23(25)26)22(18)13-7-9-15(10-8-13)31(19,27)28/h3-10H,2,11H2,1H3,(H2,19,27,28). The summed E-state index contributed by atoms with van der Waals surface area (Å²) in [6.07, 6.45) is 0. The first-order valence-corrected chi connectivity index (χ1v) is 11.4. The summed E-state index contributed by atoms with van der Waals surface area (Å²) in [6.45, 7) is 1.94. The number of nitrogens with two attached hydrogens (primary N) is 1. The number of hydrogen-bond acceptors (Lipinski definition) is 9. The molecule has 1 heterocycles. The number of nitrogens with zero attached hydrogens (tertiary/aromatic N) is 4. The summed E-state index contributed by atoms with van der Waals surface area (Å²) < 4.78 is 29.6. The van der Waals surface area contributed by atoms with Gasteiger partial charge in [0.05, 0.1) is 22.2 Å². The topological polar surface area (TPSA) is 160 Å². The Bertz CT molecular complexity index is 1210. The van der Waals surface area contributed by atoms with Crippen molar-refractivity contribution < 1.29 is 22.9 Å². The first-order valence-electron chi connectivity index (χ1n) is 8.82. The molecule has 0 saturated heterocycles. The summed E-state index contributed by atoms with van der Waals surface area (Å²) in [7, 11) is -3.87. The number of ether oxygens (including phenoxy) is 1. The fourth-order valence-corrected chi connectivity index (χ4v) is 3.89. The average Bonchev–Trinajstić information content (AvgIpc) is 3.16. The molecule has 0 aliphatic heterocycles. The molecule has 31 heavy (non-hydrogen) atoms. The first-order chi connectivity index (χ1) is 14.7. The SMILES string of the molecule is CCOC(=O)CSc1nnc(-c2ccc([N+](=O)[O-])cc2)n1-c1ccc(S(N)(=O)=O)cc1. The molecule has 0 saturated carbocycles. The smallest absolute Gasteiger partial charge is 0.316 e. The Balaban J connectivity index is 2.05. The normalized spacial score (nSPS) is 11.3. The van der Waals surface area contributed by atoms with E-state index in [1.807, 2.05) is 0 Å². The van der Waals surface area contributed by atoms with Crippen molar-refractivity contribution in [1.29, 1.82) is 0 Å². The van der Waals surface area contributed by atoms with Gasteiger partial charge in [0, 0.05) is 23.4 Å². The number of rotatable bonds is 8. The Morgan fingerprint density at radius 3 is 2.35 bits per heavy atom. The molecule has 0 atom stereocenters. The predicted molar refractivity (Wildman–Crippen MR) is 112 cm³/mol. The van der Waals surface area contributed by atoms with Gasteiger partial charge in [-0.15, -0.1) is 10.2 Å². The van der Waals surface area contributed by atoms with Crippen LogP contribution in [0.5, 0.6) is 0 Å². The van der Waals surface area contributed by atoms with E-state index in [0.29, 0.717) is 22.2 Å². The van der Waals surface area contributed by atoms with Crippen LogP contribution in [0.15, 0.2) is 58.6 Å². The summed E-state index contributed by atoms with van der Waals surface area (Å²) in [4.78, 5) is 22.1. The van der Waals surface area contributed by atoms with Gasteiger partial charge in [0.1, 0.15) is 0 Å². The third kappa shape index (κ3) is 5.25. The zero-order chi connectivity index (χ0) is 22.6. The number of esters is 1. The van der Waals surface area contributed by atoms with E-state index in [2.05, 4.69) is 10.2 Å². The molecule has 0 unspecified atom stereocenters. The highest BCUT2D eigenvalue weighted by molar-refractivity contribution is 7.99. The fraction of sp³-hybridized carbons (Fsp3) is 0.167. The number of aromatic nitrogens is 3. The molecule has 11 nitrogen and oxygen atoms in total. The van der Waals surface area contributed by atoms with Gasteiger partial charge in [-0.3, -0.25) is 19.5 Å². The van der Waals surface area contributed by atoms with Crippen molar-refractivity contribution in [3.63, 3.8) is 0 Å². The van der Waals surface area contributed by atoms with E-state index < -0.39 is 20.9 Å². The van der Waals surface area contributed by atoms with Crippen molar-refractivity contribution in [2.45, 2.75) is 17.0 Å². The van der Waals surface area contributed by atoms with Gasteiger partial charge in [-0.1, -0.05) is 11.8 Å². The largest absolute Gasteiger partial charge is 0.465 e. The van der Waals surface area contributed by atoms with Crippen LogP contribution in [-0.4, -0.2) is 46.4 Å². The monoisotopic (exact) mass is 463 g/mol. The molecular formula is C18H17N5O6S2. The van der Waals surface area contributed by atoms with E-state index in [-0.39, 0.29) is 22.9 Å². The van der Waals surface area contributed by atoms with Crippen LogP contribution in [0.1, 0.15) is 6.92 Å². The summed E-state index contributed by atoms with van der Waals surface area (Å²) >= 11 is 1.09. The molecule has 13 heteroatoms. The number of carbonyl (C=O) groups excluding carboxylic acids is 1. The molecule has 0 bridgehead atoms. The van der Waals surface area contributed by atoms with Crippen LogP contribution in [0.25, 0.3) is 17.1 Å². The number of non-ortho nitro benzene ring substituents is 1. The minimum atomic E-state index is -3.87. The second-order valence-corrected chi connectivity index (χ2v) is 8.58. The second-order valence-electron chi connectivity index (χ2n) is 6.08. The lowest BCUT2D eigenvalue weighted by Gasteiger charge is -2.11. The Kier molecular flexibility index (Phi) is 6.68. The molecule has 0 spiro atoms. The van der Waals surface area contributed by atoms with Crippen molar-refractivity contribution in [1.82, 2.24) is 14.8 Å². The molecule has 3 aromatic rings. The Morgan fingerprint density at radius 2 is 1.81 bits per heavy atom. The van der Waals surface area contributed by atoms with Crippen LogP contribution in [0, 0.1) is 10.1 Å². The van der Waals surface area contributed by atoms with Gasteiger partial charge in [0.2, 0.25) is 10.0 Å². The van der Waals surface area contributed by atoms with Gasteiger partial charge < -0.3 is 4.74 Å². The molecule has 2 aromatic carbocycles. The van der Waals surface area contributed by atoms with Crippen LogP contribution in [0.4, 0.5) is 5.69 Å². The van der Waals surface area contributed by atoms with E-state index in [1.54, 1.807) is 11.5 Å². The Labute approximate surface area is 181 Å². The van der Waals surface area contributed by atoms with E-state index >= 15 is 0 Å². The average molecular weight is 463 g/mol. The molecule has 0 aliphatic carbocycles. The van der Waals surface area contributed by atoms with Crippen molar-refractivity contribution in [2.75, 3.05) is 12.4 Å². The summed E-state index contributed by atoms with van der Waals surface area (Å²) in [5, 5.41) is 24.7. The number of hydrogen-bond donors (Lipinski definition) is 1. The van der Waals surface area contributed by atoms with Gasteiger partial charge in [-0.2, -0.15) is 0 Å². The highest BCUT2D eigenvalue weighted by atomic mass is 32.2. The molecule has 1 aromatic heterocycles. The van der Waals surface area contributed by atoms with Gasteiger partial charge in [-0.05, 0) is 43.3 Å². The number of nitro benzene ring substituents is 1. The number of sulfonamides is 1. The lowest BCUT2D eigenvalue weighted by atomic mass is 10.2. The van der Waals surface area contributed by atoms with Gasteiger partial charge in [-0.25, -0.2) is 13.6 Å². The summed E-state index contributed by atoms with van der Waals surface area (Å²) in [5.41, 5.74) is 0.970. The Hall–Kier alpha value is -3.29. The molecule has 2 N–H and O–H groups in total. The van der Waals surface area contributed by atoms with E-state index in [4.69, 9.17) is 9.88 Å². The third-order valence-corrected chi connectivity index (χ3v) is 5.85. The van der Waals surface area contributed by atoms with Crippen molar-refractivity contribution >= 4 is 33.4 Å². The fourth-order valence-electron chi connectivity index (χ4n) is 2.63. The van der Waals surface area contributed by atoms with Gasteiger partial charge in [0.25, 0.3) is 5.69 Å². The zero-order valence-electron chi connectivity index (χ0n) is 16.2. The molecule has 0 aliphatic rings. The maximum atomic E-state index is 11.8. The third-order valence-electron chi connectivity index (χ3n) is 4.02. The number of primary sulfonamides is 1. The van der Waals surface area contributed by atoms with Crippen LogP contribution < -0.4 is 5.14 Å². The minimum absolute atomic E-state index is 0.0124. The number of carbonyl (C=O) groups is 1. The molecule has 0 fully saturated rings. The van der Waals surface area contributed by atoms with E-state index in [9.17, 15) is 23.3 Å². The van der Waals surface area contributed by atoms with Crippen molar-refractivity contribution in [3.8, 4) is 17.1 Å². The van der Waals surface area contributed by atoms with Crippen LogP contribution >= 0.6 is 11.8 Å². The summed E-state index contributed by atoms with van der Waals surface area (Å²) in [5.74, 6) is -0.0882. The highest BCUT2D eigenvalue weighted by Gasteiger charge is 2.19. The van der Waals surface area contributed by atoms with Crippen LogP contribution in [-0.2, 0) is 19.6 Å². The lowest BCUT2D eigenvalue weighted by molar-refractivity contribution is -0.384. The van der Waals surface area contributed by atoms with Crippen LogP contribution in [0.2, 0.25) is 0 Å². The minimum Gasteiger partial charge on any atom is -0.465 e. The highest BCUT2D eigenvalue weighted by Crippen LogP contribution is 2.29. The maximum Gasteiger partial charge on any atom is 0.316 e. The van der Waals surface area contributed by atoms with E-state index in [0.717, 1.165) is 11.8 Å². The van der Waals surface area contributed by atoms with Gasteiger partial charge in [0.15, 0.2) is 11.0 Å². The molecule has 0 radical (unpaired) electrons. The van der Waals surface area contributed by atoms with Crippen molar-refractivity contribution in [3.05, 3.63) is 58.6 Å². The number of thioether (sulfide) groups is 1. The number of benzene rings is 2. The second kappa shape index (κ2) is 9.24.